The molecule has 1 heterocycles. The first-order chi connectivity index (χ1) is 10.2. The van der Waals surface area contributed by atoms with E-state index < -0.39 is 0 Å². The van der Waals surface area contributed by atoms with E-state index in [1.54, 1.807) is 7.11 Å². The molecule has 1 aromatic heterocycles. The van der Waals surface area contributed by atoms with Crippen molar-refractivity contribution in [1.29, 1.82) is 0 Å². The summed E-state index contributed by atoms with van der Waals surface area (Å²) >= 11 is 0. The molecule has 0 unspecified atom stereocenters. The largest absolute Gasteiger partial charge is 0.495 e. The minimum Gasteiger partial charge on any atom is -0.495 e. The summed E-state index contributed by atoms with van der Waals surface area (Å²) in [7, 11) is 3.61. The maximum Gasteiger partial charge on any atom is 0.229 e. The van der Waals surface area contributed by atoms with Gasteiger partial charge in [-0.15, -0.1) is 0 Å². The highest BCUT2D eigenvalue weighted by Crippen LogP contribution is 2.30. The van der Waals surface area contributed by atoms with Gasteiger partial charge in [0, 0.05) is 31.0 Å². The van der Waals surface area contributed by atoms with Gasteiger partial charge >= 0.3 is 0 Å². The van der Waals surface area contributed by atoms with Crippen LogP contribution in [-0.2, 0) is 6.54 Å². The van der Waals surface area contributed by atoms with Crippen LogP contribution in [0.2, 0.25) is 0 Å². The minimum absolute atomic E-state index is 0.664. The zero-order valence-electron chi connectivity index (χ0n) is 13.1. The summed E-state index contributed by atoms with van der Waals surface area (Å²) in [6.07, 6.45) is 1.88. The zero-order valence-corrected chi connectivity index (χ0v) is 13.1. The van der Waals surface area contributed by atoms with Crippen LogP contribution in [0.5, 0.6) is 5.75 Å². The van der Waals surface area contributed by atoms with Crippen LogP contribution in [0.3, 0.4) is 0 Å². The first-order valence-electron chi connectivity index (χ1n) is 7.07. The molecular formula is C16H22N4O. The molecule has 0 amide bonds. The molecule has 0 aliphatic heterocycles. The van der Waals surface area contributed by atoms with Crippen LogP contribution in [0.15, 0.2) is 30.5 Å². The predicted molar refractivity (Wildman–Crippen MR) is 85.2 cm³/mol. The lowest BCUT2D eigenvalue weighted by Gasteiger charge is -2.20. The van der Waals surface area contributed by atoms with Gasteiger partial charge in [0.1, 0.15) is 5.75 Å². The van der Waals surface area contributed by atoms with Crippen LogP contribution < -0.4 is 15.0 Å². The highest BCUT2D eigenvalue weighted by Gasteiger charge is 2.13. The number of aromatic nitrogens is 2. The number of hydrogen-bond donors (Lipinski definition) is 1. The smallest absolute Gasteiger partial charge is 0.229 e. The van der Waals surface area contributed by atoms with Gasteiger partial charge < -0.3 is 15.0 Å². The van der Waals surface area contributed by atoms with Crippen molar-refractivity contribution in [2.24, 2.45) is 0 Å². The van der Waals surface area contributed by atoms with Gasteiger partial charge in [-0.05, 0) is 25.6 Å². The Labute approximate surface area is 126 Å². The second kappa shape index (κ2) is 7.04. The number of rotatable bonds is 6. The number of benzene rings is 1. The summed E-state index contributed by atoms with van der Waals surface area (Å²) in [5.41, 5.74) is 3.05. The summed E-state index contributed by atoms with van der Waals surface area (Å²) in [6.45, 7) is 5.82. The summed E-state index contributed by atoms with van der Waals surface area (Å²) < 4.78 is 5.39. The molecule has 0 saturated carbocycles. The molecule has 0 bridgehead atoms. The van der Waals surface area contributed by atoms with Gasteiger partial charge in [-0.1, -0.05) is 19.1 Å². The number of ether oxygens (including phenoxy) is 1. The van der Waals surface area contributed by atoms with Crippen molar-refractivity contribution >= 4 is 11.6 Å². The third-order valence-corrected chi connectivity index (χ3v) is 3.38. The summed E-state index contributed by atoms with van der Waals surface area (Å²) in [4.78, 5) is 11.0. The van der Waals surface area contributed by atoms with Gasteiger partial charge in [0.2, 0.25) is 5.95 Å². The Morgan fingerprint density at radius 1 is 1.29 bits per heavy atom. The van der Waals surface area contributed by atoms with Crippen LogP contribution in [0, 0.1) is 6.92 Å². The lowest BCUT2D eigenvalue weighted by molar-refractivity contribution is 0.415. The Morgan fingerprint density at radius 2 is 2.05 bits per heavy atom. The lowest BCUT2D eigenvalue weighted by atomic mass is 10.2. The molecule has 112 valence electrons. The lowest BCUT2D eigenvalue weighted by Crippen LogP contribution is -2.17. The average molecular weight is 286 g/mol. The molecule has 0 spiro atoms. The van der Waals surface area contributed by atoms with Crippen LogP contribution in [-0.4, -0.2) is 30.7 Å². The second-order valence-corrected chi connectivity index (χ2v) is 4.79. The number of anilines is 2. The Bertz CT molecular complexity index is 601. The molecule has 2 rings (SSSR count). The highest BCUT2D eigenvalue weighted by atomic mass is 16.5. The van der Waals surface area contributed by atoms with Gasteiger partial charge in [0.15, 0.2) is 0 Å². The third-order valence-electron chi connectivity index (χ3n) is 3.38. The van der Waals surface area contributed by atoms with Crippen LogP contribution in [0.1, 0.15) is 18.2 Å². The summed E-state index contributed by atoms with van der Waals surface area (Å²) in [5, 5.41) is 3.29. The second-order valence-electron chi connectivity index (χ2n) is 4.79. The molecule has 0 aliphatic carbocycles. The van der Waals surface area contributed by atoms with Gasteiger partial charge in [0.25, 0.3) is 0 Å². The van der Waals surface area contributed by atoms with Crippen LogP contribution >= 0.6 is 0 Å². The number of para-hydroxylation sites is 2. The fourth-order valence-electron chi connectivity index (χ4n) is 2.09. The number of methoxy groups -OCH3 is 1. The van der Waals surface area contributed by atoms with Gasteiger partial charge in [0.05, 0.1) is 12.8 Å². The van der Waals surface area contributed by atoms with Crippen molar-refractivity contribution in [2.45, 2.75) is 20.4 Å². The van der Waals surface area contributed by atoms with Crippen molar-refractivity contribution in [1.82, 2.24) is 15.3 Å². The number of hydrogen-bond acceptors (Lipinski definition) is 5. The van der Waals surface area contributed by atoms with Gasteiger partial charge in [-0.2, -0.15) is 0 Å². The van der Waals surface area contributed by atoms with Crippen molar-refractivity contribution < 1.29 is 4.74 Å². The molecule has 0 aliphatic rings. The Hall–Kier alpha value is -2.14. The molecule has 2 aromatic rings. The quantitative estimate of drug-likeness (QED) is 0.884. The van der Waals surface area contributed by atoms with Crippen molar-refractivity contribution in [2.75, 3.05) is 25.6 Å². The van der Waals surface area contributed by atoms with Crippen molar-refractivity contribution in [3.8, 4) is 5.75 Å². The fourth-order valence-corrected chi connectivity index (χ4v) is 2.09. The minimum atomic E-state index is 0.664. The van der Waals surface area contributed by atoms with Crippen molar-refractivity contribution in [3.63, 3.8) is 0 Å². The first kappa shape index (κ1) is 15.3. The molecule has 1 N–H and O–H groups in total. The SMILES string of the molecule is CCNCc1cnc(N(C)c2ccccc2OC)nc1C. The van der Waals surface area contributed by atoms with E-state index in [-0.39, 0.29) is 0 Å². The van der Waals surface area contributed by atoms with E-state index in [9.17, 15) is 0 Å². The first-order valence-corrected chi connectivity index (χ1v) is 7.07. The maximum absolute atomic E-state index is 5.39. The van der Waals surface area contributed by atoms with E-state index in [1.165, 1.54) is 0 Å². The van der Waals surface area contributed by atoms with E-state index in [0.717, 1.165) is 35.8 Å². The standard InChI is InChI=1S/C16H22N4O/c1-5-17-10-13-11-18-16(19-12(13)2)20(3)14-8-6-7-9-15(14)21-4/h6-9,11,17H,5,10H2,1-4H3. The van der Waals surface area contributed by atoms with E-state index in [2.05, 4.69) is 22.2 Å². The Balaban J connectivity index is 2.27. The highest BCUT2D eigenvalue weighted by molar-refractivity contribution is 5.64. The van der Waals surface area contributed by atoms with Gasteiger partial charge in [-0.3, -0.25) is 0 Å². The van der Waals surface area contributed by atoms with Gasteiger partial charge in [-0.25, -0.2) is 9.97 Å². The molecule has 5 heteroatoms. The average Bonchev–Trinajstić information content (AvgIpc) is 2.53. The molecule has 0 fully saturated rings. The molecular weight excluding hydrogens is 264 g/mol. The fraction of sp³-hybridized carbons (Fsp3) is 0.375. The number of nitrogens with zero attached hydrogens (tertiary/aromatic N) is 3. The number of aryl methyl sites for hydroxylation is 1. The topological polar surface area (TPSA) is 50.3 Å². The summed E-state index contributed by atoms with van der Waals surface area (Å²) in [6, 6.07) is 7.84. The van der Waals surface area contributed by atoms with E-state index in [1.807, 2.05) is 49.3 Å². The monoisotopic (exact) mass is 286 g/mol. The molecule has 0 saturated heterocycles. The predicted octanol–water partition coefficient (Wildman–Crippen LogP) is 2.67. The molecule has 1 aromatic carbocycles. The van der Waals surface area contributed by atoms with Crippen LogP contribution in [0.25, 0.3) is 0 Å². The normalized spacial score (nSPS) is 10.5. The summed E-state index contributed by atoms with van der Waals surface area (Å²) in [5.74, 6) is 1.47. The van der Waals surface area contributed by atoms with E-state index in [4.69, 9.17) is 4.74 Å². The van der Waals surface area contributed by atoms with Crippen molar-refractivity contribution in [3.05, 3.63) is 41.7 Å². The molecule has 5 nitrogen and oxygen atoms in total. The molecule has 0 atom stereocenters. The maximum atomic E-state index is 5.39. The zero-order chi connectivity index (χ0) is 15.2. The Kier molecular flexibility index (Phi) is 5.11. The number of nitrogens with one attached hydrogen (secondary N) is 1. The third kappa shape index (κ3) is 3.49. The van der Waals surface area contributed by atoms with E-state index in [0.29, 0.717) is 5.95 Å². The van der Waals surface area contributed by atoms with E-state index >= 15 is 0 Å². The molecule has 0 radical (unpaired) electrons. The van der Waals surface area contributed by atoms with Crippen LogP contribution in [0.4, 0.5) is 11.6 Å². The molecule has 21 heavy (non-hydrogen) atoms. The Morgan fingerprint density at radius 3 is 2.71 bits per heavy atom.